The third-order valence-corrected chi connectivity index (χ3v) is 5.05. The minimum absolute atomic E-state index is 0.0664. The molecule has 5 nitrogen and oxygen atoms in total. The lowest BCUT2D eigenvalue weighted by molar-refractivity contribution is 0.0660. The summed E-state index contributed by atoms with van der Waals surface area (Å²) in [7, 11) is 0. The largest absolute Gasteiger partial charge is 0.335 e. The second kappa shape index (κ2) is 8.99. The average molecular weight is 445 g/mol. The van der Waals surface area contributed by atoms with E-state index >= 15 is 0 Å². The summed E-state index contributed by atoms with van der Waals surface area (Å²) in [6.45, 7) is 1.58. The van der Waals surface area contributed by atoms with Crippen molar-refractivity contribution in [1.29, 1.82) is 0 Å². The number of hydrogen-bond acceptors (Lipinski definition) is 2. The monoisotopic (exact) mass is 443 g/mol. The summed E-state index contributed by atoms with van der Waals surface area (Å²) in [5.74, 6) is -1.05. The molecule has 2 aromatic carbocycles. The Labute approximate surface area is 177 Å². The molecule has 1 aliphatic heterocycles. The van der Waals surface area contributed by atoms with Crippen LogP contribution in [0.15, 0.2) is 36.4 Å². The van der Waals surface area contributed by atoms with E-state index in [9.17, 15) is 14.0 Å². The smallest absolute Gasteiger partial charge is 0.317 e. The summed E-state index contributed by atoms with van der Waals surface area (Å²) >= 11 is 17.8. The molecule has 28 heavy (non-hydrogen) atoms. The fourth-order valence-electron chi connectivity index (χ4n) is 2.95. The molecule has 0 radical (unpaired) electrons. The summed E-state index contributed by atoms with van der Waals surface area (Å²) in [5.41, 5.74) is 0.722. The molecule has 148 valence electrons. The van der Waals surface area contributed by atoms with Crippen molar-refractivity contribution >= 4 is 46.7 Å². The summed E-state index contributed by atoms with van der Waals surface area (Å²) in [6.07, 6.45) is 0. The Bertz CT molecular complexity index is 882. The van der Waals surface area contributed by atoms with Crippen molar-refractivity contribution < 1.29 is 14.0 Å². The van der Waals surface area contributed by atoms with Crippen molar-refractivity contribution in [3.63, 3.8) is 0 Å². The van der Waals surface area contributed by atoms with Crippen LogP contribution in [0.1, 0.15) is 15.9 Å². The SMILES string of the molecule is O=C(NCc1cc(Cl)cc(Cl)c1)N1CCN(C(=O)c2cc(Cl)ccc2F)CC1. The van der Waals surface area contributed by atoms with Crippen molar-refractivity contribution in [2.75, 3.05) is 26.2 Å². The van der Waals surface area contributed by atoms with Gasteiger partial charge in [-0.25, -0.2) is 9.18 Å². The number of amides is 3. The van der Waals surface area contributed by atoms with Gasteiger partial charge in [0.1, 0.15) is 5.82 Å². The lowest BCUT2D eigenvalue weighted by Gasteiger charge is -2.34. The Hall–Kier alpha value is -2.02. The molecule has 0 spiro atoms. The Balaban J connectivity index is 1.53. The minimum Gasteiger partial charge on any atom is -0.335 e. The number of rotatable bonds is 3. The number of urea groups is 1. The van der Waals surface area contributed by atoms with Gasteiger partial charge in [0, 0.05) is 47.8 Å². The maximum Gasteiger partial charge on any atom is 0.317 e. The normalized spacial score (nSPS) is 14.1. The van der Waals surface area contributed by atoms with Crippen LogP contribution < -0.4 is 5.32 Å². The van der Waals surface area contributed by atoms with Gasteiger partial charge in [-0.15, -0.1) is 0 Å². The summed E-state index contributed by atoms with van der Waals surface area (Å²) in [6, 6.07) is 8.69. The van der Waals surface area contributed by atoms with Gasteiger partial charge in [-0.05, 0) is 42.0 Å². The molecule has 9 heteroatoms. The summed E-state index contributed by atoms with van der Waals surface area (Å²) < 4.78 is 13.9. The van der Waals surface area contributed by atoms with E-state index in [1.54, 1.807) is 23.1 Å². The summed E-state index contributed by atoms with van der Waals surface area (Å²) in [4.78, 5) is 28.0. The molecular formula is C19H17Cl3FN3O2. The van der Waals surface area contributed by atoms with Crippen molar-refractivity contribution in [3.05, 3.63) is 68.4 Å². The molecule has 0 unspecified atom stereocenters. The highest BCUT2D eigenvalue weighted by Crippen LogP contribution is 2.20. The van der Waals surface area contributed by atoms with Gasteiger partial charge in [-0.2, -0.15) is 0 Å². The second-order valence-corrected chi connectivity index (χ2v) is 7.65. The van der Waals surface area contributed by atoms with E-state index in [1.165, 1.54) is 23.1 Å². The Morgan fingerprint density at radius 1 is 0.893 bits per heavy atom. The van der Waals surface area contributed by atoms with Gasteiger partial charge in [-0.3, -0.25) is 4.79 Å². The van der Waals surface area contributed by atoms with Crippen LogP contribution in [0.4, 0.5) is 9.18 Å². The van der Waals surface area contributed by atoms with E-state index in [1.807, 2.05) is 0 Å². The highest BCUT2D eigenvalue weighted by molar-refractivity contribution is 6.34. The summed E-state index contributed by atoms with van der Waals surface area (Å²) in [5, 5.41) is 4.09. The van der Waals surface area contributed by atoms with Crippen LogP contribution in [0.25, 0.3) is 0 Å². The lowest BCUT2D eigenvalue weighted by atomic mass is 10.1. The first-order chi connectivity index (χ1) is 13.3. The Morgan fingerprint density at radius 3 is 2.14 bits per heavy atom. The predicted octanol–water partition coefficient (Wildman–Crippen LogP) is 4.45. The molecule has 0 saturated carbocycles. The van der Waals surface area contributed by atoms with Gasteiger partial charge in [0.25, 0.3) is 5.91 Å². The van der Waals surface area contributed by atoms with Crippen LogP contribution in [-0.2, 0) is 6.54 Å². The molecule has 2 aromatic rings. The number of benzene rings is 2. The fraction of sp³-hybridized carbons (Fsp3) is 0.263. The van der Waals surface area contributed by atoms with Crippen LogP contribution in [0.2, 0.25) is 15.1 Å². The zero-order chi connectivity index (χ0) is 20.3. The Kier molecular flexibility index (Phi) is 6.65. The second-order valence-electron chi connectivity index (χ2n) is 6.34. The fourth-order valence-corrected chi connectivity index (χ4v) is 3.69. The minimum atomic E-state index is -0.616. The van der Waals surface area contributed by atoms with Gasteiger partial charge in [0.05, 0.1) is 5.56 Å². The third kappa shape index (κ3) is 5.07. The first-order valence-electron chi connectivity index (χ1n) is 8.55. The van der Waals surface area contributed by atoms with E-state index in [4.69, 9.17) is 34.8 Å². The van der Waals surface area contributed by atoms with Gasteiger partial charge in [-0.1, -0.05) is 34.8 Å². The van der Waals surface area contributed by atoms with Crippen molar-refractivity contribution in [1.82, 2.24) is 15.1 Å². The molecule has 3 rings (SSSR count). The topological polar surface area (TPSA) is 52.7 Å². The van der Waals surface area contributed by atoms with Gasteiger partial charge in [0.15, 0.2) is 0 Å². The lowest BCUT2D eigenvalue weighted by Crippen LogP contribution is -2.53. The maximum absolute atomic E-state index is 13.9. The molecule has 0 aliphatic carbocycles. The Morgan fingerprint density at radius 2 is 1.50 bits per heavy atom. The molecule has 0 bridgehead atoms. The van der Waals surface area contributed by atoms with Crippen LogP contribution >= 0.6 is 34.8 Å². The molecule has 0 aromatic heterocycles. The maximum atomic E-state index is 13.9. The van der Waals surface area contributed by atoms with Gasteiger partial charge < -0.3 is 15.1 Å². The highest BCUT2D eigenvalue weighted by Gasteiger charge is 2.26. The third-order valence-electron chi connectivity index (χ3n) is 4.38. The van der Waals surface area contributed by atoms with E-state index in [0.717, 1.165) is 5.56 Å². The predicted molar refractivity (Wildman–Crippen MR) is 108 cm³/mol. The molecule has 1 N–H and O–H groups in total. The van der Waals surface area contributed by atoms with Gasteiger partial charge >= 0.3 is 6.03 Å². The van der Waals surface area contributed by atoms with Gasteiger partial charge in [0.2, 0.25) is 0 Å². The van der Waals surface area contributed by atoms with E-state index in [0.29, 0.717) is 41.2 Å². The molecular weight excluding hydrogens is 428 g/mol. The number of hydrogen-bond donors (Lipinski definition) is 1. The van der Waals surface area contributed by atoms with Crippen LogP contribution in [0.5, 0.6) is 0 Å². The zero-order valence-corrected chi connectivity index (χ0v) is 17.0. The average Bonchev–Trinajstić information content (AvgIpc) is 2.67. The quantitative estimate of drug-likeness (QED) is 0.760. The van der Waals surface area contributed by atoms with Crippen molar-refractivity contribution in [3.8, 4) is 0 Å². The molecule has 1 heterocycles. The van der Waals surface area contributed by atoms with Crippen molar-refractivity contribution in [2.24, 2.45) is 0 Å². The molecule has 0 atom stereocenters. The first kappa shape index (κ1) is 20.7. The number of halogens is 4. The standard InChI is InChI=1S/C19H17Cl3FN3O2/c20-13-1-2-17(23)16(10-13)18(27)25-3-5-26(6-4-25)19(28)24-11-12-7-14(21)9-15(22)8-12/h1-2,7-10H,3-6,11H2,(H,24,28). The molecule has 1 saturated heterocycles. The van der Waals surface area contributed by atoms with Crippen LogP contribution in [0, 0.1) is 5.82 Å². The molecule has 1 aliphatic rings. The highest BCUT2D eigenvalue weighted by atomic mass is 35.5. The number of nitrogens with zero attached hydrogens (tertiary/aromatic N) is 2. The van der Waals surface area contributed by atoms with Crippen LogP contribution in [-0.4, -0.2) is 47.9 Å². The number of piperazine rings is 1. The molecule has 3 amide bonds. The van der Waals surface area contributed by atoms with E-state index in [2.05, 4.69) is 5.32 Å². The van der Waals surface area contributed by atoms with Crippen LogP contribution in [0.3, 0.4) is 0 Å². The number of carbonyl (C=O) groups excluding carboxylic acids is 2. The first-order valence-corrected chi connectivity index (χ1v) is 9.69. The zero-order valence-electron chi connectivity index (χ0n) is 14.7. The van der Waals surface area contributed by atoms with E-state index in [-0.39, 0.29) is 18.1 Å². The number of nitrogens with one attached hydrogen (secondary N) is 1. The number of carbonyl (C=O) groups is 2. The molecule has 1 fully saturated rings. The van der Waals surface area contributed by atoms with Crippen molar-refractivity contribution in [2.45, 2.75) is 6.54 Å². The van der Waals surface area contributed by atoms with E-state index < -0.39 is 11.7 Å².